The lowest BCUT2D eigenvalue weighted by molar-refractivity contribution is 0.0956. The van der Waals surface area contributed by atoms with E-state index in [1.54, 1.807) is 12.1 Å². The quantitative estimate of drug-likeness (QED) is 0.417. The lowest BCUT2D eigenvalue weighted by atomic mass is 10.1. The Morgan fingerprint density at radius 2 is 1.81 bits per heavy atom. The van der Waals surface area contributed by atoms with E-state index >= 15 is 0 Å². The summed E-state index contributed by atoms with van der Waals surface area (Å²) in [5.41, 5.74) is 1.68. The summed E-state index contributed by atoms with van der Waals surface area (Å²) >= 11 is 0. The van der Waals surface area contributed by atoms with Crippen molar-refractivity contribution in [3.8, 4) is 12.3 Å². The summed E-state index contributed by atoms with van der Waals surface area (Å²) < 4.78 is 0. The topological polar surface area (TPSA) is 65.5 Å². The third-order valence-electron chi connectivity index (χ3n) is 2.68. The molecule has 0 radical (unpaired) electrons. The Morgan fingerprint density at radius 1 is 1.14 bits per heavy atom. The van der Waals surface area contributed by atoms with Gasteiger partial charge in [-0.3, -0.25) is 4.79 Å². The van der Waals surface area contributed by atoms with Crippen molar-refractivity contribution in [3.05, 3.63) is 35.4 Å². The summed E-state index contributed by atoms with van der Waals surface area (Å²) in [6, 6.07) is 7.41. The molecule has 1 amide bonds. The number of hydrogen-bond donors (Lipinski definition) is 3. The fourth-order valence-electron chi connectivity index (χ4n) is 1.67. The Balaban J connectivity index is 2.65. The Labute approximate surface area is 126 Å². The van der Waals surface area contributed by atoms with Crippen LogP contribution in [0.15, 0.2) is 29.3 Å². The summed E-state index contributed by atoms with van der Waals surface area (Å²) in [5, 5.41) is 8.90. The monoisotopic (exact) mass is 286 g/mol. The van der Waals surface area contributed by atoms with Gasteiger partial charge in [0, 0.05) is 18.7 Å². The smallest absolute Gasteiger partial charge is 0.251 e. The van der Waals surface area contributed by atoms with E-state index in [0.29, 0.717) is 31.2 Å². The molecule has 0 saturated heterocycles. The molecule has 0 heterocycles. The van der Waals surface area contributed by atoms with Gasteiger partial charge < -0.3 is 16.0 Å². The fraction of sp³-hybridized carbons (Fsp3) is 0.375. The van der Waals surface area contributed by atoms with Crippen LogP contribution in [0.5, 0.6) is 0 Å². The second-order valence-corrected chi connectivity index (χ2v) is 4.31. The first kappa shape index (κ1) is 16.6. The molecule has 0 unspecified atom stereocenters. The minimum atomic E-state index is -0.0587. The first-order valence-corrected chi connectivity index (χ1v) is 7.04. The van der Waals surface area contributed by atoms with Crippen molar-refractivity contribution in [2.45, 2.75) is 20.4 Å². The summed E-state index contributed by atoms with van der Waals surface area (Å²) in [5.74, 6) is 3.14. The average molecular weight is 286 g/mol. The molecule has 0 aliphatic rings. The maximum Gasteiger partial charge on any atom is 0.251 e. The first-order chi connectivity index (χ1) is 10.2. The third-order valence-corrected chi connectivity index (χ3v) is 2.68. The molecule has 0 aromatic heterocycles. The number of amides is 1. The molecule has 0 aliphatic carbocycles. The van der Waals surface area contributed by atoms with Crippen LogP contribution in [-0.4, -0.2) is 31.5 Å². The van der Waals surface area contributed by atoms with Crippen molar-refractivity contribution in [1.29, 1.82) is 0 Å². The highest BCUT2D eigenvalue weighted by atomic mass is 16.1. The summed E-state index contributed by atoms with van der Waals surface area (Å²) in [4.78, 5) is 16.1. The van der Waals surface area contributed by atoms with Crippen molar-refractivity contribution >= 4 is 11.9 Å². The highest BCUT2D eigenvalue weighted by Crippen LogP contribution is 2.05. The van der Waals surface area contributed by atoms with E-state index in [1.807, 2.05) is 26.0 Å². The number of nitrogens with zero attached hydrogens (tertiary/aromatic N) is 1. The molecular weight excluding hydrogens is 264 g/mol. The van der Waals surface area contributed by atoms with Crippen LogP contribution in [0.25, 0.3) is 0 Å². The van der Waals surface area contributed by atoms with E-state index in [2.05, 4.69) is 26.9 Å². The van der Waals surface area contributed by atoms with E-state index in [1.165, 1.54) is 0 Å². The maximum absolute atomic E-state index is 11.6. The van der Waals surface area contributed by atoms with E-state index in [0.717, 1.165) is 12.1 Å². The van der Waals surface area contributed by atoms with E-state index < -0.39 is 0 Å². The van der Waals surface area contributed by atoms with Crippen LogP contribution in [0.4, 0.5) is 0 Å². The van der Waals surface area contributed by atoms with Gasteiger partial charge >= 0.3 is 0 Å². The molecule has 1 aromatic rings. The summed E-state index contributed by atoms with van der Waals surface area (Å²) in [7, 11) is 0. The van der Waals surface area contributed by atoms with Crippen LogP contribution in [0.1, 0.15) is 29.8 Å². The second kappa shape index (κ2) is 9.43. The van der Waals surface area contributed by atoms with Crippen LogP contribution in [-0.2, 0) is 6.54 Å². The van der Waals surface area contributed by atoms with E-state index in [9.17, 15) is 4.79 Å². The first-order valence-electron chi connectivity index (χ1n) is 7.04. The number of nitrogens with one attached hydrogen (secondary N) is 3. The van der Waals surface area contributed by atoms with E-state index in [-0.39, 0.29) is 5.91 Å². The fourth-order valence-corrected chi connectivity index (χ4v) is 1.67. The van der Waals surface area contributed by atoms with Gasteiger partial charge in [-0.15, -0.1) is 6.42 Å². The van der Waals surface area contributed by atoms with Crippen molar-refractivity contribution in [2.75, 3.05) is 19.6 Å². The number of aliphatic imine (C=N–C) groups is 1. The average Bonchev–Trinajstić information content (AvgIpc) is 2.51. The van der Waals surface area contributed by atoms with Crippen molar-refractivity contribution < 1.29 is 4.79 Å². The number of benzene rings is 1. The number of guanidine groups is 1. The van der Waals surface area contributed by atoms with Crippen molar-refractivity contribution in [1.82, 2.24) is 16.0 Å². The van der Waals surface area contributed by atoms with Crippen LogP contribution in [0.3, 0.4) is 0 Å². The van der Waals surface area contributed by atoms with E-state index in [4.69, 9.17) is 6.42 Å². The van der Waals surface area contributed by atoms with Crippen LogP contribution < -0.4 is 16.0 Å². The lowest BCUT2D eigenvalue weighted by Gasteiger charge is -2.09. The largest absolute Gasteiger partial charge is 0.357 e. The van der Waals surface area contributed by atoms with Crippen molar-refractivity contribution in [2.24, 2.45) is 4.99 Å². The predicted molar refractivity (Wildman–Crippen MR) is 86.1 cm³/mol. The summed E-state index contributed by atoms with van der Waals surface area (Å²) in [6.45, 7) is 6.24. The molecule has 0 saturated carbocycles. The molecule has 0 aliphatic heterocycles. The van der Waals surface area contributed by atoms with Crippen LogP contribution in [0.2, 0.25) is 0 Å². The molecule has 3 N–H and O–H groups in total. The molecule has 0 atom stereocenters. The van der Waals surface area contributed by atoms with Crippen LogP contribution in [0, 0.1) is 12.3 Å². The highest BCUT2D eigenvalue weighted by molar-refractivity contribution is 5.94. The van der Waals surface area contributed by atoms with Gasteiger partial charge in [0.05, 0.1) is 13.1 Å². The Morgan fingerprint density at radius 3 is 2.38 bits per heavy atom. The van der Waals surface area contributed by atoms with Gasteiger partial charge in [-0.25, -0.2) is 4.99 Å². The molecule has 5 heteroatoms. The van der Waals surface area contributed by atoms with Gasteiger partial charge in [0.15, 0.2) is 5.96 Å². The summed E-state index contributed by atoms with van der Waals surface area (Å²) in [6.07, 6.45) is 5.22. The molecule has 0 spiro atoms. The molecular formula is C16H22N4O. The minimum absolute atomic E-state index is 0.0587. The Hall–Kier alpha value is -2.48. The number of terminal acetylenes is 1. The maximum atomic E-state index is 11.6. The van der Waals surface area contributed by atoms with Gasteiger partial charge in [0.25, 0.3) is 5.91 Å². The second-order valence-electron chi connectivity index (χ2n) is 4.31. The normalized spacial score (nSPS) is 10.6. The minimum Gasteiger partial charge on any atom is -0.357 e. The predicted octanol–water partition coefficient (Wildman–Crippen LogP) is 1.12. The van der Waals surface area contributed by atoms with Gasteiger partial charge in [0.1, 0.15) is 0 Å². The zero-order chi connectivity index (χ0) is 15.5. The Kier molecular flexibility index (Phi) is 7.44. The highest BCUT2D eigenvalue weighted by Gasteiger charge is 2.03. The molecule has 0 fully saturated rings. The number of carbonyl (C=O) groups excluding carboxylic acids is 1. The van der Waals surface area contributed by atoms with Gasteiger partial charge in [-0.2, -0.15) is 0 Å². The van der Waals surface area contributed by atoms with Crippen molar-refractivity contribution in [3.63, 3.8) is 0 Å². The Bertz CT molecular complexity index is 514. The molecule has 21 heavy (non-hydrogen) atoms. The van der Waals surface area contributed by atoms with Gasteiger partial charge in [-0.1, -0.05) is 18.1 Å². The van der Waals surface area contributed by atoms with Gasteiger partial charge in [0.2, 0.25) is 0 Å². The SMILES string of the molecule is C#CCNC(=NCc1ccc(C(=O)NCC)cc1)NCC. The molecule has 112 valence electrons. The van der Waals surface area contributed by atoms with Gasteiger partial charge in [-0.05, 0) is 31.5 Å². The molecule has 1 rings (SSSR count). The number of rotatable bonds is 6. The molecule has 5 nitrogen and oxygen atoms in total. The zero-order valence-corrected chi connectivity index (χ0v) is 12.6. The van der Waals surface area contributed by atoms with Crippen LogP contribution >= 0.6 is 0 Å². The number of hydrogen-bond acceptors (Lipinski definition) is 2. The lowest BCUT2D eigenvalue weighted by Crippen LogP contribution is -2.37. The molecule has 0 bridgehead atoms. The standard InChI is InChI=1S/C16H22N4O/c1-4-11-19-16(18-6-3)20-12-13-7-9-14(10-8-13)15(21)17-5-2/h1,7-10H,5-6,11-12H2,2-3H3,(H,17,21)(H2,18,19,20). The zero-order valence-electron chi connectivity index (χ0n) is 12.6. The molecule has 1 aromatic carbocycles. The number of carbonyl (C=O) groups is 1. The third kappa shape index (κ3) is 6.00.